The highest BCUT2D eigenvalue weighted by atomic mass is 16.1. The summed E-state index contributed by atoms with van der Waals surface area (Å²) in [6.07, 6.45) is 0. The average Bonchev–Trinajstić information content (AvgIpc) is 2.27. The van der Waals surface area contributed by atoms with Gasteiger partial charge in [-0.15, -0.1) is 0 Å². The van der Waals surface area contributed by atoms with E-state index < -0.39 is 0 Å². The number of rotatable bonds is 5. The number of carbonyl (C=O) groups excluding carboxylic acids is 1. The molecular weight excluding hydrogens is 228 g/mol. The first-order valence-corrected chi connectivity index (χ1v) is 5.97. The lowest BCUT2D eigenvalue weighted by atomic mass is 10.1. The third kappa shape index (κ3) is 4.01. The van der Waals surface area contributed by atoms with Crippen LogP contribution in [0, 0.1) is 6.92 Å². The summed E-state index contributed by atoms with van der Waals surface area (Å²) >= 11 is 0. The van der Waals surface area contributed by atoms with Crippen molar-refractivity contribution >= 4 is 11.6 Å². The van der Waals surface area contributed by atoms with Crippen molar-refractivity contribution in [3.05, 3.63) is 29.3 Å². The number of anilines is 1. The second-order valence-corrected chi connectivity index (χ2v) is 4.81. The van der Waals surface area contributed by atoms with Crippen LogP contribution in [0.5, 0.6) is 0 Å². The number of nitrogens with one attached hydrogen (secondary N) is 2. The van der Waals surface area contributed by atoms with E-state index in [9.17, 15) is 4.79 Å². The van der Waals surface area contributed by atoms with Gasteiger partial charge in [0.15, 0.2) is 0 Å². The molecule has 0 aliphatic rings. The van der Waals surface area contributed by atoms with Crippen molar-refractivity contribution in [2.24, 2.45) is 5.84 Å². The zero-order chi connectivity index (χ0) is 13.7. The molecule has 1 unspecified atom stereocenters. The Morgan fingerprint density at radius 2 is 2.11 bits per heavy atom. The van der Waals surface area contributed by atoms with E-state index >= 15 is 0 Å². The van der Waals surface area contributed by atoms with E-state index in [-0.39, 0.29) is 11.9 Å². The molecule has 5 nitrogen and oxygen atoms in total. The quantitative estimate of drug-likeness (QED) is 0.538. The zero-order valence-corrected chi connectivity index (χ0v) is 11.4. The minimum absolute atomic E-state index is 0.0592. The van der Waals surface area contributed by atoms with Gasteiger partial charge in [0.1, 0.15) is 0 Å². The molecule has 0 aliphatic carbocycles. The van der Waals surface area contributed by atoms with Crippen molar-refractivity contribution in [2.75, 3.05) is 26.1 Å². The summed E-state index contributed by atoms with van der Waals surface area (Å²) in [5, 5.41) is 2.96. The lowest BCUT2D eigenvalue weighted by molar-refractivity contribution is 0.0934. The molecular formula is C13H22N4O. The lowest BCUT2D eigenvalue weighted by Gasteiger charge is -2.18. The fraction of sp³-hybridized carbons (Fsp3) is 0.462. The summed E-state index contributed by atoms with van der Waals surface area (Å²) in [6.45, 7) is 4.71. The molecule has 1 amide bonds. The van der Waals surface area contributed by atoms with Crippen LogP contribution in [0.3, 0.4) is 0 Å². The first kappa shape index (κ1) is 14.5. The van der Waals surface area contributed by atoms with E-state index in [4.69, 9.17) is 5.84 Å². The first-order chi connectivity index (χ1) is 8.43. The fourth-order valence-electron chi connectivity index (χ4n) is 1.87. The van der Waals surface area contributed by atoms with Gasteiger partial charge in [0.25, 0.3) is 5.91 Å². The van der Waals surface area contributed by atoms with Crippen LogP contribution in [0.4, 0.5) is 5.69 Å². The standard InChI is InChI=1S/C13H22N4O/c1-9-7-11(5-6-12(9)16-14)13(18)15-10(2)8-17(3)4/h5-7,10,16H,8,14H2,1-4H3,(H,15,18). The highest BCUT2D eigenvalue weighted by Gasteiger charge is 2.11. The fourth-order valence-corrected chi connectivity index (χ4v) is 1.87. The van der Waals surface area contributed by atoms with Gasteiger partial charge in [-0.25, -0.2) is 0 Å². The lowest BCUT2D eigenvalue weighted by Crippen LogP contribution is -2.39. The molecule has 0 aliphatic heterocycles. The van der Waals surface area contributed by atoms with Gasteiger partial charge in [-0.1, -0.05) is 0 Å². The summed E-state index contributed by atoms with van der Waals surface area (Å²) in [6, 6.07) is 5.51. The van der Waals surface area contributed by atoms with E-state index in [1.165, 1.54) is 0 Å². The Kier molecular flexibility index (Phi) is 5.12. The van der Waals surface area contributed by atoms with Crippen LogP contribution in [-0.2, 0) is 0 Å². The molecule has 0 radical (unpaired) electrons. The molecule has 0 fully saturated rings. The van der Waals surface area contributed by atoms with Crippen molar-refractivity contribution in [3.63, 3.8) is 0 Å². The van der Waals surface area contributed by atoms with Crippen molar-refractivity contribution < 1.29 is 4.79 Å². The summed E-state index contributed by atoms with van der Waals surface area (Å²) in [4.78, 5) is 14.0. The van der Waals surface area contributed by atoms with Crippen molar-refractivity contribution in [1.82, 2.24) is 10.2 Å². The Hall–Kier alpha value is -1.59. The molecule has 0 bridgehead atoms. The highest BCUT2D eigenvalue weighted by Crippen LogP contribution is 2.15. The minimum atomic E-state index is -0.0592. The van der Waals surface area contributed by atoms with Gasteiger partial charge in [0.2, 0.25) is 0 Å². The van der Waals surface area contributed by atoms with Crippen LogP contribution in [0.1, 0.15) is 22.8 Å². The molecule has 0 aromatic heterocycles. The predicted molar refractivity (Wildman–Crippen MR) is 74.5 cm³/mol. The van der Waals surface area contributed by atoms with Crippen LogP contribution >= 0.6 is 0 Å². The maximum absolute atomic E-state index is 12.0. The summed E-state index contributed by atoms with van der Waals surface area (Å²) in [5.41, 5.74) is 5.02. The third-order valence-corrected chi connectivity index (χ3v) is 2.66. The molecule has 4 N–H and O–H groups in total. The summed E-state index contributed by atoms with van der Waals surface area (Å²) < 4.78 is 0. The molecule has 0 saturated carbocycles. The number of hydrogen-bond donors (Lipinski definition) is 3. The van der Waals surface area contributed by atoms with Gasteiger partial charge in [-0.2, -0.15) is 0 Å². The Balaban J connectivity index is 2.70. The number of nitrogens with zero attached hydrogens (tertiary/aromatic N) is 1. The second kappa shape index (κ2) is 6.37. The number of nitrogens with two attached hydrogens (primary N) is 1. The topological polar surface area (TPSA) is 70.4 Å². The van der Waals surface area contributed by atoms with E-state index in [1.807, 2.05) is 38.9 Å². The number of carbonyl (C=O) groups is 1. The molecule has 0 spiro atoms. The monoisotopic (exact) mass is 250 g/mol. The van der Waals surface area contributed by atoms with Crippen molar-refractivity contribution in [1.29, 1.82) is 0 Å². The van der Waals surface area contributed by atoms with Gasteiger partial charge in [-0.3, -0.25) is 10.6 Å². The summed E-state index contributed by atoms with van der Waals surface area (Å²) in [7, 11) is 3.96. The molecule has 1 rings (SSSR count). The number of amides is 1. The van der Waals surface area contributed by atoms with Crippen LogP contribution in [0.15, 0.2) is 18.2 Å². The number of likely N-dealkylation sites (N-methyl/N-ethyl adjacent to an activating group) is 1. The number of hydrazine groups is 1. The van der Waals surface area contributed by atoms with Gasteiger partial charge in [0.05, 0.1) is 5.69 Å². The Bertz CT molecular complexity index is 417. The van der Waals surface area contributed by atoms with Crippen molar-refractivity contribution in [3.8, 4) is 0 Å². The maximum atomic E-state index is 12.0. The van der Waals surface area contributed by atoms with Crippen LogP contribution in [0.25, 0.3) is 0 Å². The molecule has 18 heavy (non-hydrogen) atoms. The largest absolute Gasteiger partial charge is 0.348 e. The SMILES string of the molecule is Cc1cc(C(=O)NC(C)CN(C)C)ccc1NN. The van der Waals surface area contributed by atoms with Crippen LogP contribution in [0.2, 0.25) is 0 Å². The molecule has 1 aromatic carbocycles. The Morgan fingerprint density at radius 3 is 2.61 bits per heavy atom. The van der Waals surface area contributed by atoms with Gasteiger partial charge in [0, 0.05) is 18.2 Å². The highest BCUT2D eigenvalue weighted by molar-refractivity contribution is 5.95. The molecule has 5 heteroatoms. The number of hydrogen-bond acceptors (Lipinski definition) is 4. The number of benzene rings is 1. The number of aryl methyl sites for hydroxylation is 1. The Morgan fingerprint density at radius 1 is 1.44 bits per heavy atom. The average molecular weight is 250 g/mol. The molecule has 100 valence electrons. The minimum Gasteiger partial charge on any atom is -0.348 e. The molecule has 0 heterocycles. The number of nitrogen functional groups attached to an aromatic ring is 1. The van der Waals surface area contributed by atoms with Gasteiger partial charge < -0.3 is 15.6 Å². The van der Waals surface area contributed by atoms with Gasteiger partial charge >= 0.3 is 0 Å². The molecule has 0 saturated heterocycles. The van der Waals surface area contributed by atoms with Crippen LogP contribution < -0.4 is 16.6 Å². The molecule has 1 atom stereocenters. The normalized spacial score (nSPS) is 12.3. The van der Waals surface area contributed by atoms with Crippen LogP contribution in [-0.4, -0.2) is 37.5 Å². The maximum Gasteiger partial charge on any atom is 0.251 e. The summed E-state index contributed by atoms with van der Waals surface area (Å²) in [5.74, 6) is 5.30. The Labute approximate surface area is 108 Å². The smallest absolute Gasteiger partial charge is 0.251 e. The third-order valence-electron chi connectivity index (χ3n) is 2.66. The van der Waals surface area contributed by atoms with E-state index in [0.717, 1.165) is 17.8 Å². The second-order valence-electron chi connectivity index (χ2n) is 4.81. The zero-order valence-electron chi connectivity index (χ0n) is 11.4. The van der Waals surface area contributed by atoms with Crippen molar-refractivity contribution in [2.45, 2.75) is 19.9 Å². The van der Waals surface area contributed by atoms with E-state index in [2.05, 4.69) is 10.7 Å². The van der Waals surface area contributed by atoms with E-state index in [1.54, 1.807) is 12.1 Å². The first-order valence-electron chi connectivity index (χ1n) is 5.97. The molecule has 1 aromatic rings. The van der Waals surface area contributed by atoms with Gasteiger partial charge in [-0.05, 0) is 51.7 Å². The van der Waals surface area contributed by atoms with E-state index in [0.29, 0.717) is 5.56 Å². The predicted octanol–water partition coefficient (Wildman–Crippen LogP) is 0.961.